The Bertz CT molecular complexity index is 944. The Kier molecular flexibility index (Phi) is 4.03. The Morgan fingerprint density at radius 1 is 0.733 bits per heavy atom. The average Bonchev–Trinajstić information content (AvgIpc) is 2.64. The van der Waals surface area contributed by atoms with Gasteiger partial charge in [0.05, 0.1) is 0 Å². The van der Waals surface area contributed by atoms with Gasteiger partial charge in [-0.25, -0.2) is 0 Å². The van der Waals surface area contributed by atoms with E-state index in [0.717, 1.165) is 17.0 Å². The molecule has 0 heterocycles. The van der Waals surface area contributed by atoms with Gasteiger partial charge < -0.3 is 10.2 Å². The topological polar surface area (TPSA) is 40.5 Å². The molecule has 4 fully saturated rings. The monoisotopic (exact) mass is 404 g/mol. The SMILES string of the molecule is Cc1cc(C23CC4CC(c5ccc(O)c(C)c5)(C2)CC(C(C)(C)C)(C4)C3)ccc1O. The predicted molar refractivity (Wildman–Crippen MR) is 122 cm³/mol. The zero-order valence-electron chi connectivity index (χ0n) is 19.2. The molecule has 0 spiro atoms. The van der Waals surface area contributed by atoms with Gasteiger partial charge in [-0.2, -0.15) is 0 Å². The van der Waals surface area contributed by atoms with Gasteiger partial charge in [0.15, 0.2) is 0 Å². The second kappa shape index (κ2) is 6.05. The van der Waals surface area contributed by atoms with Crippen LogP contribution in [0.2, 0.25) is 0 Å². The van der Waals surface area contributed by atoms with Crippen LogP contribution in [0, 0.1) is 30.6 Å². The number of aromatic hydroxyl groups is 2. The van der Waals surface area contributed by atoms with Crippen molar-refractivity contribution < 1.29 is 10.2 Å². The van der Waals surface area contributed by atoms with E-state index in [4.69, 9.17) is 0 Å². The van der Waals surface area contributed by atoms with Crippen LogP contribution in [-0.4, -0.2) is 10.2 Å². The van der Waals surface area contributed by atoms with Gasteiger partial charge in [0.1, 0.15) is 11.5 Å². The fourth-order valence-electron chi connectivity index (χ4n) is 7.89. The number of hydrogen-bond acceptors (Lipinski definition) is 2. The summed E-state index contributed by atoms with van der Waals surface area (Å²) < 4.78 is 0. The molecule has 0 aromatic heterocycles. The smallest absolute Gasteiger partial charge is 0.118 e. The van der Waals surface area contributed by atoms with E-state index in [1.165, 1.54) is 49.7 Å². The number of aryl methyl sites for hydroxylation is 2. The van der Waals surface area contributed by atoms with Crippen molar-refractivity contribution in [2.45, 2.75) is 84.0 Å². The molecule has 4 aliphatic rings. The first-order chi connectivity index (χ1) is 14.0. The molecule has 2 atom stereocenters. The van der Waals surface area contributed by atoms with Crippen molar-refractivity contribution >= 4 is 0 Å². The molecular formula is C28H36O2. The summed E-state index contributed by atoms with van der Waals surface area (Å²) in [7, 11) is 0. The fourth-order valence-corrected chi connectivity index (χ4v) is 7.89. The highest BCUT2D eigenvalue weighted by atomic mass is 16.3. The van der Waals surface area contributed by atoms with E-state index >= 15 is 0 Å². The first kappa shape index (κ1) is 20.0. The highest BCUT2D eigenvalue weighted by Crippen LogP contribution is 2.74. The molecule has 0 amide bonds. The van der Waals surface area contributed by atoms with Gasteiger partial charge in [0.2, 0.25) is 0 Å². The number of rotatable bonds is 2. The molecule has 30 heavy (non-hydrogen) atoms. The molecule has 0 saturated heterocycles. The molecule has 2 unspecified atom stereocenters. The molecule has 2 N–H and O–H groups in total. The summed E-state index contributed by atoms with van der Waals surface area (Å²) in [5.41, 5.74) is 5.76. The van der Waals surface area contributed by atoms with Crippen molar-refractivity contribution in [3.05, 3.63) is 58.7 Å². The summed E-state index contributed by atoms with van der Waals surface area (Å²) in [4.78, 5) is 0. The van der Waals surface area contributed by atoms with Gasteiger partial charge in [-0.3, -0.25) is 0 Å². The van der Waals surface area contributed by atoms with E-state index in [1.807, 2.05) is 26.0 Å². The molecule has 0 radical (unpaired) electrons. The van der Waals surface area contributed by atoms with Crippen LogP contribution >= 0.6 is 0 Å². The molecule has 2 aromatic carbocycles. The third-order valence-electron chi connectivity index (χ3n) is 9.28. The Morgan fingerprint density at radius 2 is 1.20 bits per heavy atom. The Morgan fingerprint density at radius 3 is 1.60 bits per heavy atom. The van der Waals surface area contributed by atoms with Gasteiger partial charge in [0.25, 0.3) is 0 Å². The van der Waals surface area contributed by atoms with Crippen molar-refractivity contribution in [3.63, 3.8) is 0 Å². The maximum absolute atomic E-state index is 10.2. The normalized spacial score (nSPS) is 35.0. The van der Waals surface area contributed by atoms with Crippen molar-refractivity contribution in [1.82, 2.24) is 0 Å². The lowest BCUT2D eigenvalue weighted by Gasteiger charge is -2.70. The van der Waals surface area contributed by atoms with Crippen LogP contribution in [0.3, 0.4) is 0 Å². The summed E-state index contributed by atoms with van der Waals surface area (Å²) in [6.45, 7) is 11.4. The quantitative estimate of drug-likeness (QED) is 0.570. The number of phenolic OH excluding ortho intramolecular Hbond substituents is 2. The fraction of sp³-hybridized carbons (Fsp3) is 0.571. The minimum absolute atomic E-state index is 0.178. The van der Waals surface area contributed by atoms with Crippen LogP contribution in [0.25, 0.3) is 0 Å². The van der Waals surface area contributed by atoms with Crippen molar-refractivity contribution in [3.8, 4) is 11.5 Å². The van der Waals surface area contributed by atoms with Crippen LogP contribution in [-0.2, 0) is 10.8 Å². The molecule has 2 heteroatoms. The van der Waals surface area contributed by atoms with E-state index in [-0.39, 0.29) is 16.2 Å². The molecule has 6 rings (SSSR count). The number of phenols is 2. The highest BCUT2D eigenvalue weighted by molar-refractivity contribution is 5.45. The average molecular weight is 405 g/mol. The van der Waals surface area contributed by atoms with Crippen molar-refractivity contribution in [2.24, 2.45) is 16.7 Å². The maximum atomic E-state index is 10.2. The summed E-state index contributed by atoms with van der Waals surface area (Å²) in [6, 6.07) is 12.7. The Hall–Kier alpha value is -1.96. The van der Waals surface area contributed by atoms with Gasteiger partial charge in [-0.05, 0) is 114 Å². The number of hydrogen-bond donors (Lipinski definition) is 2. The largest absolute Gasteiger partial charge is 0.508 e. The van der Waals surface area contributed by atoms with E-state index in [9.17, 15) is 10.2 Å². The summed E-state index contributed by atoms with van der Waals surface area (Å²) >= 11 is 0. The van der Waals surface area contributed by atoms with Crippen LogP contribution < -0.4 is 0 Å². The second-order valence-electron chi connectivity index (χ2n) is 12.1. The molecule has 160 valence electrons. The zero-order valence-corrected chi connectivity index (χ0v) is 19.2. The second-order valence-corrected chi connectivity index (χ2v) is 12.1. The van der Waals surface area contributed by atoms with E-state index in [2.05, 4.69) is 45.0 Å². The van der Waals surface area contributed by atoms with Gasteiger partial charge in [0, 0.05) is 0 Å². The van der Waals surface area contributed by atoms with Crippen molar-refractivity contribution in [2.75, 3.05) is 0 Å². The third kappa shape index (κ3) is 2.68. The molecule has 4 aliphatic carbocycles. The Labute approximate surface area is 181 Å². The lowest BCUT2D eigenvalue weighted by Crippen LogP contribution is -2.63. The highest BCUT2D eigenvalue weighted by Gasteiger charge is 2.66. The standard InChI is InChI=1S/C28H36O2/c1-18-10-21(6-8-23(18)29)26-12-20-13-27(15-26,22-7-9-24(30)19(2)11-22)17-28(14-20,16-26)25(3,4)5/h6-11,20,29-30H,12-17H2,1-5H3. The molecule has 0 aliphatic heterocycles. The first-order valence-corrected chi connectivity index (χ1v) is 11.6. The van der Waals surface area contributed by atoms with E-state index < -0.39 is 0 Å². The van der Waals surface area contributed by atoms with Gasteiger partial charge in [-0.1, -0.05) is 45.0 Å². The molecular weight excluding hydrogens is 368 g/mol. The lowest BCUT2D eigenvalue weighted by molar-refractivity contribution is -0.141. The summed E-state index contributed by atoms with van der Waals surface area (Å²) in [5, 5.41) is 20.3. The lowest BCUT2D eigenvalue weighted by atomic mass is 9.34. The van der Waals surface area contributed by atoms with Crippen molar-refractivity contribution in [1.29, 1.82) is 0 Å². The maximum Gasteiger partial charge on any atom is 0.118 e. The molecule has 2 aromatic rings. The predicted octanol–water partition coefficient (Wildman–Crippen LogP) is 6.92. The molecule has 2 nitrogen and oxygen atoms in total. The van der Waals surface area contributed by atoms with E-state index in [1.54, 1.807) is 0 Å². The zero-order chi connectivity index (χ0) is 21.5. The summed E-state index contributed by atoms with van der Waals surface area (Å²) in [6.07, 6.45) is 7.57. The minimum atomic E-state index is 0.178. The minimum Gasteiger partial charge on any atom is -0.508 e. The van der Waals surface area contributed by atoms with Gasteiger partial charge >= 0.3 is 0 Å². The van der Waals surface area contributed by atoms with Gasteiger partial charge in [-0.15, -0.1) is 0 Å². The third-order valence-corrected chi connectivity index (χ3v) is 9.28. The van der Waals surface area contributed by atoms with Crippen LogP contribution in [0.5, 0.6) is 11.5 Å². The van der Waals surface area contributed by atoms with Crippen LogP contribution in [0.15, 0.2) is 36.4 Å². The van der Waals surface area contributed by atoms with Crippen LogP contribution in [0.1, 0.15) is 81.5 Å². The summed E-state index contributed by atoms with van der Waals surface area (Å²) in [5.74, 6) is 1.54. The first-order valence-electron chi connectivity index (χ1n) is 11.6. The molecule has 4 bridgehead atoms. The van der Waals surface area contributed by atoms with Crippen LogP contribution in [0.4, 0.5) is 0 Å². The number of benzene rings is 2. The Balaban J connectivity index is 1.70. The van der Waals surface area contributed by atoms with E-state index in [0.29, 0.717) is 16.9 Å². The molecule has 4 saturated carbocycles.